The van der Waals surface area contributed by atoms with E-state index in [-0.39, 0.29) is 18.5 Å². The number of carbonyl (C=O) groups is 1. The van der Waals surface area contributed by atoms with E-state index in [0.717, 1.165) is 55.9 Å². The van der Waals surface area contributed by atoms with Crippen molar-refractivity contribution in [3.8, 4) is 5.75 Å². The fourth-order valence-electron chi connectivity index (χ4n) is 3.66. The van der Waals surface area contributed by atoms with Crippen molar-refractivity contribution < 1.29 is 19.4 Å². The number of methoxy groups -OCH3 is 1. The maximum Gasteiger partial charge on any atom is 0.308 e. The van der Waals surface area contributed by atoms with Crippen molar-refractivity contribution in [2.75, 3.05) is 33.4 Å². The molecule has 1 aliphatic rings. The van der Waals surface area contributed by atoms with Gasteiger partial charge in [-0.25, -0.2) is 0 Å². The number of hydrogen-bond acceptors (Lipinski definition) is 7. The quantitative estimate of drug-likeness (QED) is 0.577. The fraction of sp³-hybridized carbons (Fsp3) is 0.478. The number of benzene rings is 1. The van der Waals surface area contributed by atoms with Gasteiger partial charge >= 0.3 is 5.97 Å². The Hall–Kier alpha value is -2.48. The van der Waals surface area contributed by atoms with Crippen LogP contribution in [0.4, 0.5) is 0 Å². The molecule has 0 bridgehead atoms. The lowest BCUT2D eigenvalue weighted by molar-refractivity contribution is -0.147. The number of nitrogens with zero attached hydrogens (tertiary/aromatic N) is 2. The maximum absolute atomic E-state index is 11.6. The number of aromatic nitrogens is 1. The maximum atomic E-state index is 11.6. The number of aliphatic hydroxyl groups is 1. The summed E-state index contributed by atoms with van der Waals surface area (Å²) in [6.07, 6.45) is 4.59. The van der Waals surface area contributed by atoms with E-state index >= 15 is 0 Å². The van der Waals surface area contributed by atoms with Crippen LogP contribution in [-0.2, 0) is 22.6 Å². The predicted octanol–water partition coefficient (Wildman–Crippen LogP) is 2.00. The Morgan fingerprint density at radius 3 is 2.73 bits per heavy atom. The molecular formula is C23H31N3O4. The predicted molar refractivity (Wildman–Crippen MR) is 114 cm³/mol. The number of ether oxygens (including phenoxy) is 2. The molecule has 7 heteroatoms. The number of rotatable bonds is 10. The minimum absolute atomic E-state index is 0.0193. The minimum Gasteiger partial charge on any atom is -0.491 e. The zero-order chi connectivity index (χ0) is 21.2. The van der Waals surface area contributed by atoms with Gasteiger partial charge in [-0.2, -0.15) is 0 Å². The molecule has 1 aromatic heterocycles. The first kappa shape index (κ1) is 22.2. The highest BCUT2D eigenvalue weighted by atomic mass is 16.5. The molecule has 1 aromatic carbocycles. The number of β-amino-alcohol motifs (C(OH)–C–C–N with tert-alkyl or cyclic N) is 1. The van der Waals surface area contributed by atoms with Crippen LogP contribution >= 0.6 is 0 Å². The minimum atomic E-state index is -0.577. The summed E-state index contributed by atoms with van der Waals surface area (Å²) in [4.78, 5) is 17.9. The lowest BCUT2D eigenvalue weighted by Crippen LogP contribution is -2.42. The lowest BCUT2D eigenvalue weighted by Gasteiger charge is -2.31. The first-order valence-corrected chi connectivity index (χ1v) is 10.4. The van der Waals surface area contributed by atoms with Gasteiger partial charge in [0.15, 0.2) is 0 Å². The van der Waals surface area contributed by atoms with Gasteiger partial charge in [-0.1, -0.05) is 18.2 Å². The fourth-order valence-corrected chi connectivity index (χ4v) is 3.66. The van der Waals surface area contributed by atoms with Gasteiger partial charge in [-0.3, -0.25) is 9.78 Å². The molecule has 0 amide bonds. The van der Waals surface area contributed by atoms with Crippen LogP contribution in [0.25, 0.3) is 0 Å². The van der Waals surface area contributed by atoms with Crippen LogP contribution in [0.1, 0.15) is 24.0 Å². The van der Waals surface area contributed by atoms with Crippen LogP contribution in [0.2, 0.25) is 0 Å². The molecule has 0 unspecified atom stereocenters. The summed E-state index contributed by atoms with van der Waals surface area (Å²) in [6, 6.07) is 11.9. The number of likely N-dealkylation sites (tertiary alicyclic amines) is 1. The third kappa shape index (κ3) is 7.09. The Labute approximate surface area is 178 Å². The Kier molecular flexibility index (Phi) is 8.62. The van der Waals surface area contributed by atoms with Gasteiger partial charge in [-0.05, 0) is 55.3 Å². The number of aliphatic hydroxyl groups excluding tert-OH is 1. The number of hydrogen-bond donors (Lipinski definition) is 2. The molecule has 2 aromatic rings. The van der Waals surface area contributed by atoms with Crippen molar-refractivity contribution >= 4 is 5.97 Å². The average molecular weight is 414 g/mol. The second-order valence-corrected chi connectivity index (χ2v) is 7.68. The van der Waals surface area contributed by atoms with Crippen molar-refractivity contribution in [1.82, 2.24) is 15.2 Å². The van der Waals surface area contributed by atoms with Gasteiger partial charge in [0.1, 0.15) is 18.5 Å². The largest absolute Gasteiger partial charge is 0.491 e. The summed E-state index contributed by atoms with van der Waals surface area (Å²) in [7, 11) is 1.43. The second kappa shape index (κ2) is 11.6. The Morgan fingerprint density at radius 1 is 1.23 bits per heavy atom. The summed E-state index contributed by atoms with van der Waals surface area (Å²) in [5.74, 6) is 0.599. The van der Waals surface area contributed by atoms with Crippen molar-refractivity contribution in [3.63, 3.8) is 0 Å². The molecule has 1 atom stereocenters. The first-order chi connectivity index (χ1) is 14.6. The first-order valence-electron chi connectivity index (χ1n) is 10.4. The number of nitrogens with one attached hydrogen (secondary N) is 1. The Morgan fingerprint density at radius 2 is 2.00 bits per heavy atom. The number of carbonyl (C=O) groups excluding carboxylic acids is 1. The van der Waals surface area contributed by atoms with Gasteiger partial charge < -0.3 is 24.8 Å². The zero-order valence-corrected chi connectivity index (χ0v) is 17.5. The highest BCUT2D eigenvalue weighted by molar-refractivity contribution is 5.72. The van der Waals surface area contributed by atoms with Crippen molar-refractivity contribution in [2.24, 2.45) is 5.92 Å². The van der Waals surface area contributed by atoms with E-state index in [1.165, 1.54) is 7.11 Å². The zero-order valence-electron chi connectivity index (χ0n) is 17.5. The molecular weight excluding hydrogens is 382 g/mol. The van der Waals surface area contributed by atoms with Crippen molar-refractivity contribution in [1.29, 1.82) is 0 Å². The number of piperidine rings is 1. The molecule has 1 fully saturated rings. The Bertz CT molecular complexity index is 779. The molecule has 1 saturated heterocycles. The summed E-state index contributed by atoms with van der Waals surface area (Å²) in [5.41, 5.74) is 2.26. The second-order valence-electron chi connectivity index (χ2n) is 7.68. The Balaban J connectivity index is 1.37. The van der Waals surface area contributed by atoms with E-state index in [1.54, 1.807) is 6.20 Å². The molecule has 0 spiro atoms. The molecule has 30 heavy (non-hydrogen) atoms. The van der Waals surface area contributed by atoms with E-state index in [1.807, 2.05) is 42.6 Å². The summed E-state index contributed by atoms with van der Waals surface area (Å²) in [6.45, 7) is 3.83. The van der Waals surface area contributed by atoms with Crippen LogP contribution in [-0.4, -0.2) is 60.4 Å². The van der Waals surface area contributed by atoms with Gasteiger partial charge in [0.2, 0.25) is 0 Å². The van der Waals surface area contributed by atoms with E-state index in [4.69, 9.17) is 9.47 Å². The summed E-state index contributed by atoms with van der Waals surface area (Å²) in [5, 5.41) is 13.7. The van der Waals surface area contributed by atoms with Crippen LogP contribution in [0, 0.1) is 5.92 Å². The van der Waals surface area contributed by atoms with E-state index < -0.39 is 6.10 Å². The average Bonchev–Trinajstić information content (AvgIpc) is 2.79. The molecule has 7 nitrogen and oxygen atoms in total. The molecule has 0 radical (unpaired) electrons. The van der Waals surface area contributed by atoms with Crippen molar-refractivity contribution in [2.45, 2.75) is 32.0 Å². The SMILES string of the molecule is COC(=O)C1CCN(C[C@@H](O)COc2cccc(CNCc3cccnc3)c2)CC1. The smallest absolute Gasteiger partial charge is 0.308 e. The molecule has 2 heterocycles. The lowest BCUT2D eigenvalue weighted by atomic mass is 9.97. The van der Waals surface area contributed by atoms with E-state index in [9.17, 15) is 9.90 Å². The van der Waals surface area contributed by atoms with E-state index in [0.29, 0.717) is 6.54 Å². The van der Waals surface area contributed by atoms with Crippen LogP contribution in [0.15, 0.2) is 48.8 Å². The third-order valence-electron chi connectivity index (χ3n) is 5.31. The summed E-state index contributed by atoms with van der Waals surface area (Å²) >= 11 is 0. The standard InChI is InChI=1S/C23H31N3O4/c1-29-23(28)20-7-10-26(11-8-20)16-21(27)17-30-22-6-2-4-18(12-22)13-25-15-19-5-3-9-24-14-19/h2-6,9,12,14,20-21,25,27H,7-8,10-11,13,15-17H2,1H3/t21-/m1/s1. The monoisotopic (exact) mass is 413 g/mol. The molecule has 0 aliphatic carbocycles. The number of pyridine rings is 1. The molecule has 3 rings (SSSR count). The van der Waals surface area contributed by atoms with Crippen LogP contribution in [0.5, 0.6) is 5.75 Å². The van der Waals surface area contributed by atoms with Gasteiger partial charge in [0.25, 0.3) is 0 Å². The molecule has 1 aliphatic heterocycles. The van der Waals surface area contributed by atoms with Crippen LogP contribution < -0.4 is 10.1 Å². The van der Waals surface area contributed by atoms with Crippen LogP contribution in [0.3, 0.4) is 0 Å². The molecule has 162 valence electrons. The topological polar surface area (TPSA) is 83.9 Å². The highest BCUT2D eigenvalue weighted by Crippen LogP contribution is 2.19. The normalized spacial score (nSPS) is 16.2. The third-order valence-corrected chi connectivity index (χ3v) is 5.31. The number of esters is 1. The van der Waals surface area contributed by atoms with Crippen molar-refractivity contribution in [3.05, 3.63) is 59.9 Å². The van der Waals surface area contributed by atoms with E-state index in [2.05, 4.69) is 15.2 Å². The molecule has 2 N–H and O–H groups in total. The highest BCUT2D eigenvalue weighted by Gasteiger charge is 2.26. The summed E-state index contributed by atoms with van der Waals surface area (Å²) < 4.78 is 10.6. The van der Waals surface area contributed by atoms with Gasteiger partial charge in [0, 0.05) is 32.0 Å². The van der Waals surface area contributed by atoms with Gasteiger partial charge in [-0.15, -0.1) is 0 Å². The molecule has 0 saturated carbocycles. The van der Waals surface area contributed by atoms with Gasteiger partial charge in [0.05, 0.1) is 13.0 Å².